The summed E-state index contributed by atoms with van der Waals surface area (Å²) in [6, 6.07) is 6.21. The quantitative estimate of drug-likeness (QED) is 0.864. The molecule has 18 heavy (non-hydrogen) atoms. The number of nitrogens with two attached hydrogens (primary N) is 2. The normalized spacial score (nSPS) is 15.2. The molecule has 0 amide bonds. The van der Waals surface area contributed by atoms with Gasteiger partial charge < -0.3 is 16.0 Å². The number of hydrogen-bond acceptors (Lipinski definition) is 3. The van der Waals surface area contributed by atoms with E-state index < -0.39 is 0 Å². The van der Waals surface area contributed by atoms with Crippen LogP contribution >= 0.6 is 0 Å². The van der Waals surface area contributed by atoms with Crippen molar-refractivity contribution in [3.63, 3.8) is 0 Å². The molecule has 0 saturated carbocycles. The molecule has 2 rings (SSSR count). The predicted molar refractivity (Wildman–Crippen MR) is 75.0 cm³/mol. The molecule has 98 valence electrons. The van der Waals surface area contributed by atoms with Crippen LogP contribution in [0.3, 0.4) is 0 Å². The first-order valence-electron chi connectivity index (χ1n) is 6.41. The Labute approximate surface area is 108 Å². The fourth-order valence-electron chi connectivity index (χ4n) is 2.44. The molecule has 0 bridgehead atoms. The summed E-state index contributed by atoms with van der Waals surface area (Å²) in [6.07, 6.45) is 1.82. The Kier molecular flexibility index (Phi) is 3.68. The van der Waals surface area contributed by atoms with Crippen molar-refractivity contribution < 1.29 is 0 Å². The molecule has 0 fully saturated rings. The van der Waals surface area contributed by atoms with Crippen molar-refractivity contribution >= 4 is 11.0 Å². The highest BCUT2D eigenvalue weighted by atomic mass is 15.0. The van der Waals surface area contributed by atoms with E-state index >= 15 is 0 Å². The zero-order valence-electron chi connectivity index (χ0n) is 11.3. The van der Waals surface area contributed by atoms with Gasteiger partial charge in [-0.05, 0) is 36.1 Å². The third-order valence-corrected chi connectivity index (χ3v) is 3.72. The molecule has 0 spiro atoms. The van der Waals surface area contributed by atoms with Gasteiger partial charge in [0.15, 0.2) is 0 Å². The zero-order chi connectivity index (χ0) is 13.3. The molecule has 4 N–H and O–H groups in total. The molecular weight excluding hydrogens is 224 g/mol. The second-order valence-corrected chi connectivity index (χ2v) is 5.27. The Bertz CT molecular complexity index is 530. The Balaban J connectivity index is 2.35. The van der Waals surface area contributed by atoms with Crippen LogP contribution in [0.4, 0.5) is 0 Å². The molecule has 0 aliphatic rings. The van der Waals surface area contributed by atoms with Crippen LogP contribution in [0.2, 0.25) is 0 Å². The lowest BCUT2D eigenvalue weighted by atomic mass is 9.85. The highest BCUT2D eigenvalue weighted by molar-refractivity contribution is 5.76. The topological polar surface area (TPSA) is 69.9 Å². The van der Waals surface area contributed by atoms with E-state index in [1.807, 2.05) is 17.9 Å². The van der Waals surface area contributed by atoms with E-state index in [1.54, 1.807) is 0 Å². The summed E-state index contributed by atoms with van der Waals surface area (Å²) in [6.45, 7) is 4.94. The predicted octanol–water partition coefficient (Wildman–Crippen LogP) is 1.80. The summed E-state index contributed by atoms with van der Waals surface area (Å²) in [7, 11) is 1.99. The van der Waals surface area contributed by atoms with Crippen molar-refractivity contribution in [3.05, 3.63) is 30.1 Å². The number of nitrogens with zero attached hydrogens (tertiary/aromatic N) is 2. The third-order valence-electron chi connectivity index (χ3n) is 3.72. The van der Waals surface area contributed by atoms with Gasteiger partial charge in [0.05, 0.1) is 17.4 Å². The highest BCUT2D eigenvalue weighted by Gasteiger charge is 2.21. The van der Waals surface area contributed by atoms with Crippen LogP contribution in [0, 0.1) is 11.8 Å². The number of fused-ring (bicyclic) bond motifs is 1. The summed E-state index contributed by atoms with van der Waals surface area (Å²) >= 11 is 0. The van der Waals surface area contributed by atoms with Gasteiger partial charge in [0, 0.05) is 13.1 Å². The maximum Gasteiger partial charge on any atom is 0.0955 e. The first-order valence-corrected chi connectivity index (χ1v) is 6.41. The molecule has 0 saturated heterocycles. The molecule has 2 unspecified atom stereocenters. The van der Waals surface area contributed by atoms with Gasteiger partial charge >= 0.3 is 0 Å². The number of aryl methyl sites for hydroxylation is 1. The van der Waals surface area contributed by atoms with Gasteiger partial charge in [0.1, 0.15) is 0 Å². The second-order valence-electron chi connectivity index (χ2n) is 5.27. The minimum absolute atomic E-state index is 0.0265. The third kappa shape index (κ3) is 2.26. The van der Waals surface area contributed by atoms with E-state index in [1.165, 1.54) is 0 Å². The summed E-state index contributed by atoms with van der Waals surface area (Å²) in [5.41, 5.74) is 15.4. The number of aromatic nitrogens is 2. The largest absolute Gasteiger partial charge is 0.334 e. The van der Waals surface area contributed by atoms with Gasteiger partial charge in [-0.1, -0.05) is 19.9 Å². The van der Waals surface area contributed by atoms with Gasteiger partial charge in [0.2, 0.25) is 0 Å². The van der Waals surface area contributed by atoms with Crippen LogP contribution in [-0.4, -0.2) is 16.1 Å². The molecule has 0 aliphatic carbocycles. The van der Waals surface area contributed by atoms with E-state index in [9.17, 15) is 0 Å². The molecule has 0 radical (unpaired) electrons. The zero-order valence-corrected chi connectivity index (χ0v) is 11.3. The Morgan fingerprint density at radius 1 is 1.33 bits per heavy atom. The van der Waals surface area contributed by atoms with Gasteiger partial charge in [-0.25, -0.2) is 4.98 Å². The van der Waals surface area contributed by atoms with Crippen molar-refractivity contribution in [2.45, 2.75) is 19.9 Å². The molecule has 4 nitrogen and oxygen atoms in total. The number of rotatable bonds is 4. The smallest absolute Gasteiger partial charge is 0.0955 e. The first kappa shape index (κ1) is 13.1. The lowest BCUT2D eigenvalue weighted by molar-refractivity contribution is 0.331. The van der Waals surface area contributed by atoms with Gasteiger partial charge in [0.25, 0.3) is 0 Å². The average molecular weight is 246 g/mol. The van der Waals surface area contributed by atoms with Crippen LogP contribution in [0.1, 0.15) is 25.5 Å². The maximum absolute atomic E-state index is 6.33. The van der Waals surface area contributed by atoms with Crippen LogP contribution in [0.25, 0.3) is 11.0 Å². The Morgan fingerprint density at radius 2 is 2.06 bits per heavy atom. The molecular formula is C14H22N4. The average Bonchev–Trinajstić information content (AvgIpc) is 2.71. The molecule has 1 heterocycles. The summed E-state index contributed by atoms with van der Waals surface area (Å²) in [5, 5.41) is 0. The van der Waals surface area contributed by atoms with E-state index in [4.69, 9.17) is 11.5 Å². The molecule has 1 aromatic carbocycles. The summed E-state index contributed by atoms with van der Waals surface area (Å²) in [5.74, 6) is 0.774. The minimum Gasteiger partial charge on any atom is -0.334 e. The Morgan fingerprint density at radius 3 is 2.67 bits per heavy atom. The van der Waals surface area contributed by atoms with E-state index in [-0.39, 0.29) is 6.04 Å². The van der Waals surface area contributed by atoms with Crippen molar-refractivity contribution in [1.29, 1.82) is 0 Å². The van der Waals surface area contributed by atoms with Gasteiger partial charge in [-0.15, -0.1) is 0 Å². The van der Waals surface area contributed by atoms with E-state index in [2.05, 4.69) is 37.0 Å². The number of hydrogen-bond donors (Lipinski definition) is 2. The van der Waals surface area contributed by atoms with Crippen molar-refractivity contribution in [3.8, 4) is 0 Å². The molecule has 4 heteroatoms. The minimum atomic E-state index is -0.0265. The van der Waals surface area contributed by atoms with Crippen molar-refractivity contribution in [2.75, 3.05) is 6.54 Å². The monoisotopic (exact) mass is 246 g/mol. The van der Waals surface area contributed by atoms with Crippen LogP contribution in [0.15, 0.2) is 24.5 Å². The molecule has 2 atom stereocenters. The number of benzene rings is 1. The summed E-state index contributed by atoms with van der Waals surface area (Å²) < 4.78 is 2.01. The van der Waals surface area contributed by atoms with E-state index in [0.717, 1.165) is 16.6 Å². The van der Waals surface area contributed by atoms with Crippen LogP contribution in [-0.2, 0) is 7.05 Å². The lowest BCUT2D eigenvalue weighted by Gasteiger charge is -2.26. The number of imidazole rings is 1. The lowest BCUT2D eigenvalue weighted by Crippen LogP contribution is -2.31. The van der Waals surface area contributed by atoms with Crippen molar-refractivity contribution in [1.82, 2.24) is 9.55 Å². The maximum atomic E-state index is 6.33. The van der Waals surface area contributed by atoms with Crippen LogP contribution in [0.5, 0.6) is 0 Å². The first-order chi connectivity index (χ1) is 8.54. The fraction of sp³-hybridized carbons (Fsp3) is 0.500. The van der Waals surface area contributed by atoms with Gasteiger partial charge in [-0.2, -0.15) is 0 Å². The summed E-state index contributed by atoms with van der Waals surface area (Å²) in [4.78, 5) is 4.37. The van der Waals surface area contributed by atoms with E-state index in [0.29, 0.717) is 18.4 Å². The molecule has 2 aromatic rings. The fourth-order valence-corrected chi connectivity index (χ4v) is 2.44. The van der Waals surface area contributed by atoms with Crippen LogP contribution < -0.4 is 11.5 Å². The highest BCUT2D eigenvalue weighted by Crippen LogP contribution is 2.27. The van der Waals surface area contributed by atoms with Crippen molar-refractivity contribution in [2.24, 2.45) is 30.4 Å². The Hall–Kier alpha value is -1.39. The molecule has 1 aromatic heterocycles. The molecule has 0 aliphatic heterocycles. The second kappa shape index (κ2) is 5.08. The standard InChI is InChI=1S/C14H22N4/c1-9(2)11(7-15)14(16)10-4-5-13-12(6-10)17-8-18(13)3/h4-6,8-9,11,14H,7,15-16H2,1-3H3. The SMILES string of the molecule is CC(C)C(CN)C(N)c1ccc2c(c1)ncn2C. The van der Waals surface area contributed by atoms with Gasteiger partial charge in [-0.3, -0.25) is 0 Å².